The Hall–Kier alpha value is -3.23. The van der Waals surface area contributed by atoms with Crippen molar-refractivity contribution in [1.82, 2.24) is 9.88 Å². The summed E-state index contributed by atoms with van der Waals surface area (Å²) in [5, 5.41) is 18.9. The van der Waals surface area contributed by atoms with Crippen LogP contribution in [-0.4, -0.2) is 40.6 Å². The van der Waals surface area contributed by atoms with Gasteiger partial charge in [-0.1, -0.05) is 61.6 Å². The number of likely N-dealkylation sites (tertiary alicyclic amines) is 1. The van der Waals surface area contributed by atoms with Crippen molar-refractivity contribution in [3.8, 4) is 6.07 Å². The lowest BCUT2D eigenvalue weighted by atomic mass is 9.81. The molecule has 5 nitrogen and oxygen atoms in total. The average molecular weight is 486 g/mol. The highest BCUT2D eigenvalue weighted by atomic mass is 16.4. The first kappa shape index (κ1) is 27.4. The molecule has 1 fully saturated rings. The van der Waals surface area contributed by atoms with E-state index in [4.69, 9.17) is 10.1 Å². The first-order valence-electron chi connectivity index (χ1n) is 13.1. The van der Waals surface area contributed by atoms with Crippen LogP contribution >= 0.6 is 0 Å². The number of carboxylic acids is 1. The van der Waals surface area contributed by atoms with Crippen molar-refractivity contribution < 1.29 is 9.90 Å². The molecule has 1 aromatic rings. The molecule has 36 heavy (non-hydrogen) atoms. The molecule has 2 heterocycles. The summed E-state index contributed by atoms with van der Waals surface area (Å²) in [4.78, 5) is 18.3. The molecule has 1 aromatic heterocycles. The number of aryl methyl sites for hydroxylation is 1. The maximum absolute atomic E-state index is 10.9. The Morgan fingerprint density at radius 3 is 2.89 bits per heavy atom. The van der Waals surface area contributed by atoms with Crippen molar-refractivity contribution in [2.75, 3.05) is 19.6 Å². The lowest BCUT2D eigenvalue weighted by Crippen LogP contribution is -2.27. The number of carbonyl (C=O) groups is 1. The summed E-state index contributed by atoms with van der Waals surface area (Å²) in [5.74, 6) is -0.522. The van der Waals surface area contributed by atoms with Crippen molar-refractivity contribution in [1.29, 1.82) is 5.26 Å². The zero-order valence-corrected chi connectivity index (χ0v) is 21.7. The predicted molar refractivity (Wildman–Crippen MR) is 147 cm³/mol. The van der Waals surface area contributed by atoms with E-state index in [0.717, 1.165) is 68.7 Å². The van der Waals surface area contributed by atoms with E-state index in [0.29, 0.717) is 6.42 Å². The molecule has 0 aromatic carbocycles. The van der Waals surface area contributed by atoms with Crippen LogP contribution in [0.3, 0.4) is 0 Å². The van der Waals surface area contributed by atoms with E-state index in [-0.39, 0.29) is 17.8 Å². The number of hydrogen-bond donors (Lipinski definition) is 1. The molecule has 0 radical (unpaired) electrons. The minimum Gasteiger partial charge on any atom is -0.481 e. The van der Waals surface area contributed by atoms with Crippen LogP contribution < -0.4 is 0 Å². The molecule has 0 amide bonds. The fourth-order valence-electron chi connectivity index (χ4n) is 5.17. The lowest BCUT2D eigenvalue weighted by molar-refractivity contribution is -0.137. The van der Waals surface area contributed by atoms with E-state index in [2.05, 4.69) is 80.0 Å². The third-order valence-electron chi connectivity index (χ3n) is 7.30. The highest BCUT2D eigenvalue weighted by molar-refractivity contribution is 5.66. The second-order valence-corrected chi connectivity index (χ2v) is 9.84. The molecule has 1 aliphatic carbocycles. The molecule has 2 unspecified atom stereocenters. The number of aromatic nitrogens is 1. The van der Waals surface area contributed by atoms with Gasteiger partial charge in [-0.2, -0.15) is 5.26 Å². The van der Waals surface area contributed by atoms with Gasteiger partial charge < -0.3 is 5.11 Å². The van der Waals surface area contributed by atoms with Crippen molar-refractivity contribution in [3.05, 3.63) is 77.2 Å². The molecular weight excluding hydrogens is 446 g/mol. The molecule has 0 bridgehead atoms. The fraction of sp³-hybridized carbons (Fsp3) is 0.452. The van der Waals surface area contributed by atoms with Crippen LogP contribution in [0.4, 0.5) is 0 Å². The van der Waals surface area contributed by atoms with Crippen molar-refractivity contribution >= 4 is 18.1 Å². The summed E-state index contributed by atoms with van der Waals surface area (Å²) in [7, 11) is 0. The standard InChI is InChI=1S/C31H39N3O2/c1-4-12-24(3)31(22-32)18-20-34(23-31)19-11-16-26-21-27(15-9-10-17-29(35)36)30(33-28(26)5-2)25-13-7-6-8-14-25/h5-8,11-13,16,21,25H,2,4,9-10,14-15,17-20,23H2,1,3H3,(H,35,36)/b16-11+,24-12+. The summed E-state index contributed by atoms with van der Waals surface area (Å²) in [6.45, 7) is 10.7. The molecule has 1 N–H and O–H groups in total. The van der Waals surface area contributed by atoms with Gasteiger partial charge in [0, 0.05) is 37.5 Å². The monoisotopic (exact) mass is 485 g/mol. The lowest BCUT2D eigenvalue weighted by Gasteiger charge is -2.22. The van der Waals surface area contributed by atoms with Crippen molar-refractivity contribution in [3.63, 3.8) is 0 Å². The van der Waals surface area contributed by atoms with Crippen LogP contribution in [0.5, 0.6) is 0 Å². The molecule has 0 spiro atoms. The second kappa shape index (κ2) is 13.2. The van der Waals surface area contributed by atoms with Crippen LogP contribution in [-0.2, 0) is 11.2 Å². The molecule has 3 rings (SSSR count). The SMILES string of the molecule is C=Cc1nc(C2C=CC=CC2)c(CCCCC(=O)O)cc1/C=C/CN1CCC(C#N)(/C(C)=C/CC)C1. The molecule has 0 saturated carbocycles. The van der Waals surface area contributed by atoms with Crippen LogP contribution in [0, 0.1) is 16.7 Å². The first-order valence-corrected chi connectivity index (χ1v) is 13.1. The number of carboxylic acid groups (broad SMARTS) is 1. The predicted octanol–water partition coefficient (Wildman–Crippen LogP) is 6.71. The summed E-state index contributed by atoms with van der Waals surface area (Å²) in [5.41, 5.74) is 4.96. The summed E-state index contributed by atoms with van der Waals surface area (Å²) < 4.78 is 0. The minimum atomic E-state index is -0.748. The van der Waals surface area contributed by atoms with Gasteiger partial charge in [-0.3, -0.25) is 14.7 Å². The van der Waals surface area contributed by atoms with E-state index in [1.165, 1.54) is 11.1 Å². The fourth-order valence-corrected chi connectivity index (χ4v) is 5.17. The highest BCUT2D eigenvalue weighted by Gasteiger charge is 2.39. The van der Waals surface area contributed by atoms with E-state index < -0.39 is 5.97 Å². The van der Waals surface area contributed by atoms with Crippen molar-refractivity contribution in [2.24, 2.45) is 5.41 Å². The van der Waals surface area contributed by atoms with Gasteiger partial charge in [0.25, 0.3) is 0 Å². The summed E-state index contributed by atoms with van der Waals surface area (Å²) >= 11 is 0. The number of allylic oxidation sites excluding steroid dienone is 5. The molecule has 1 saturated heterocycles. The first-order chi connectivity index (χ1) is 17.4. The smallest absolute Gasteiger partial charge is 0.303 e. The Labute approximate surface area is 216 Å². The average Bonchev–Trinajstić information content (AvgIpc) is 3.32. The van der Waals surface area contributed by atoms with Crippen molar-refractivity contribution in [2.45, 2.75) is 64.7 Å². The Morgan fingerprint density at radius 2 is 2.22 bits per heavy atom. The maximum Gasteiger partial charge on any atom is 0.303 e. The van der Waals surface area contributed by atoms with Gasteiger partial charge in [-0.25, -0.2) is 0 Å². The van der Waals surface area contributed by atoms with Gasteiger partial charge in [-0.15, -0.1) is 0 Å². The zero-order chi connectivity index (χ0) is 26.0. The number of hydrogen-bond acceptors (Lipinski definition) is 4. The number of nitriles is 1. The topological polar surface area (TPSA) is 77.2 Å². The zero-order valence-electron chi connectivity index (χ0n) is 21.7. The van der Waals surface area contributed by atoms with Crippen LogP contribution in [0.15, 0.2) is 54.7 Å². The molecular formula is C31H39N3O2. The van der Waals surface area contributed by atoms with E-state index in [1.807, 2.05) is 6.08 Å². The Morgan fingerprint density at radius 1 is 1.39 bits per heavy atom. The van der Waals surface area contributed by atoms with E-state index >= 15 is 0 Å². The third-order valence-corrected chi connectivity index (χ3v) is 7.30. The number of aliphatic carboxylic acids is 1. The molecule has 1 aliphatic heterocycles. The summed E-state index contributed by atoms with van der Waals surface area (Å²) in [6.07, 6.45) is 22.0. The quantitative estimate of drug-likeness (QED) is 0.263. The number of nitrogens with zero attached hydrogens (tertiary/aromatic N) is 3. The van der Waals surface area contributed by atoms with E-state index in [9.17, 15) is 10.1 Å². The largest absolute Gasteiger partial charge is 0.481 e. The van der Waals surface area contributed by atoms with Gasteiger partial charge >= 0.3 is 5.97 Å². The minimum absolute atomic E-state index is 0.194. The van der Waals surface area contributed by atoms with Gasteiger partial charge in [0.05, 0.1) is 22.9 Å². The Kier molecular flexibility index (Phi) is 10.0. The number of unbranched alkanes of at least 4 members (excludes halogenated alkanes) is 1. The Balaban J connectivity index is 1.77. The third kappa shape index (κ3) is 6.92. The van der Waals surface area contributed by atoms with Crippen LogP contribution in [0.1, 0.15) is 80.8 Å². The normalized spacial score (nSPS) is 22.2. The maximum atomic E-state index is 10.9. The van der Waals surface area contributed by atoms with Gasteiger partial charge in [0.1, 0.15) is 0 Å². The number of rotatable bonds is 12. The summed E-state index contributed by atoms with van der Waals surface area (Å²) in [6, 6.07) is 4.80. The van der Waals surface area contributed by atoms with Crippen LogP contribution in [0.25, 0.3) is 12.2 Å². The highest BCUT2D eigenvalue weighted by Crippen LogP contribution is 2.37. The molecule has 2 atom stereocenters. The van der Waals surface area contributed by atoms with Gasteiger partial charge in [0.15, 0.2) is 0 Å². The van der Waals surface area contributed by atoms with Gasteiger partial charge in [0.2, 0.25) is 0 Å². The molecule has 2 aliphatic rings. The second-order valence-electron chi connectivity index (χ2n) is 9.84. The number of pyridine rings is 1. The Bertz CT molecular complexity index is 1110. The molecule has 190 valence electrons. The van der Waals surface area contributed by atoms with E-state index in [1.54, 1.807) is 0 Å². The van der Waals surface area contributed by atoms with Crippen LogP contribution in [0.2, 0.25) is 0 Å². The molecule has 5 heteroatoms. The van der Waals surface area contributed by atoms with Gasteiger partial charge in [-0.05, 0) is 63.2 Å².